The Kier molecular flexibility index (Phi) is 5.52. The first kappa shape index (κ1) is 19.4. The summed E-state index contributed by atoms with van der Waals surface area (Å²) < 4.78 is 5.90. The van der Waals surface area contributed by atoms with Gasteiger partial charge in [0.1, 0.15) is 5.15 Å². The highest BCUT2D eigenvalue weighted by atomic mass is 35.5. The molecule has 29 heavy (non-hydrogen) atoms. The van der Waals surface area contributed by atoms with Crippen LogP contribution < -0.4 is 10.1 Å². The van der Waals surface area contributed by atoms with Crippen molar-refractivity contribution in [3.05, 3.63) is 59.6 Å². The van der Waals surface area contributed by atoms with Crippen molar-refractivity contribution < 1.29 is 14.6 Å². The van der Waals surface area contributed by atoms with Crippen LogP contribution in [0.15, 0.2) is 58.6 Å². The van der Waals surface area contributed by atoms with E-state index in [1.165, 1.54) is 42.5 Å². The first-order chi connectivity index (χ1) is 14.0. The number of rotatable bonds is 5. The van der Waals surface area contributed by atoms with Crippen LogP contribution in [0.25, 0.3) is 10.2 Å². The van der Waals surface area contributed by atoms with E-state index in [-0.39, 0.29) is 17.2 Å². The van der Waals surface area contributed by atoms with Crippen LogP contribution in [0, 0.1) is 0 Å². The molecule has 7 nitrogen and oxygen atoms in total. The molecule has 0 aliphatic heterocycles. The summed E-state index contributed by atoms with van der Waals surface area (Å²) in [6.07, 6.45) is 3.03. The average Bonchev–Trinajstić information content (AvgIpc) is 3.11. The monoisotopic (exact) mass is 444 g/mol. The average molecular weight is 445 g/mol. The number of methoxy groups -OCH3 is 1. The molecule has 146 valence electrons. The second-order valence-corrected chi connectivity index (χ2v) is 8.21. The SMILES string of the molecule is COc1ccnc(C(=O)Nc2nc3ccc(Sc4cccnc4Cl)cc3s2)c1O. The van der Waals surface area contributed by atoms with Gasteiger partial charge in [0.25, 0.3) is 5.91 Å². The van der Waals surface area contributed by atoms with E-state index in [0.29, 0.717) is 10.3 Å². The van der Waals surface area contributed by atoms with E-state index in [2.05, 4.69) is 20.3 Å². The van der Waals surface area contributed by atoms with Crippen LogP contribution in [0.5, 0.6) is 11.5 Å². The molecule has 3 heterocycles. The van der Waals surface area contributed by atoms with Gasteiger partial charge in [0.05, 0.1) is 17.3 Å². The second-order valence-electron chi connectivity index (χ2n) is 5.71. The molecule has 1 amide bonds. The topological polar surface area (TPSA) is 97.2 Å². The number of nitrogens with one attached hydrogen (secondary N) is 1. The van der Waals surface area contributed by atoms with Gasteiger partial charge >= 0.3 is 0 Å². The Morgan fingerprint density at radius 1 is 1.24 bits per heavy atom. The van der Waals surface area contributed by atoms with Gasteiger partial charge in [0, 0.05) is 28.3 Å². The molecular formula is C19H13ClN4O3S2. The Morgan fingerprint density at radius 3 is 2.90 bits per heavy atom. The number of ether oxygens (including phenoxy) is 1. The molecule has 0 unspecified atom stereocenters. The maximum Gasteiger partial charge on any atom is 0.280 e. The quantitative estimate of drug-likeness (QED) is 0.424. The van der Waals surface area contributed by atoms with Crippen molar-refractivity contribution >= 4 is 56.0 Å². The van der Waals surface area contributed by atoms with Crippen molar-refractivity contribution in [1.29, 1.82) is 0 Å². The molecule has 0 aliphatic rings. The fourth-order valence-electron chi connectivity index (χ4n) is 2.52. The number of amides is 1. The van der Waals surface area contributed by atoms with Gasteiger partial charge in [-0.05, 0) is 30.3 Å². The third-order valence-electron chi connectivity index (χ3n) is 3.86. The molecule has 4 rings (SSSR count). The summed E-state index contributed by atoms with van der Waals surface area (Å²) in [5.74, 6) is -0.719. The van der Waals surface area contributed by atoms with Crippen LogP contribution in [-0.2, 0) is 0 Å². The van der Waals surface area contributed by atoms with E-state index < -0.39 is 5.91 Å². The second kappa shape index (κ2) is 8.24. The van der Waals surface area contributed by atoms with E-state index >= 15 is 0 Å². The van der Waals surface area contributed by atoms with Crippen LogP contribution in [-0.4, -0.2) is 33.1 Å². The predicted octanol–water partition coefficient (Wildman–Crippen LogP) is 4.86. The largest absolute Gasteiger partial charge is 0.503 e. The van der Waals surface area contributed by atoms with Crippen molar-refractivity contribution in [3.8, 4) is 11.5 Å². The molecule has 10 heteroatoms. The van der Waals surface area contributed by atoms with Crippen LogP contribution in [0.1, 0.15) is 10.5 Å². The smallest absolute Gasteiger partial charge is 0.280 e. The van der Waals surface area contributed by atoms with E-state index in [1.54, 1.807) is 6.20 Å². The zero-order valence-corrected chi connectivity index (χ0v) is 17.3. The Morgan fingerprint density at radius 2 is 2.10 bits per heavy atom. The number of aromatic hydroxyl groups is 1. The van der Waals surface area contributed by atoms with Gasteiger partial charge in [-0.3, -0.25) is 10.1 Å². The van der Waals surface area contributed by atoms with Gasteiger partial charge in [-0.1, -0.05) is 34.7 Å². The van der Waals surface area contributed by atoms with Crippen molar-refractivity contribution in [3.63, 3.8) is 0 Å². The molecule has 4 aromatic rings. The Bertz CT molecular complexity index is 1220. The maximum absolute atomic E-state index is 12.5. The number of aromatic nitrogens is 3. The van der Waals surface area contributed by atoms with Gasteiger partial charge < -0.3 is 9.84 Å². The molecule has 3 aromatic heterocycles. The fourth-order valence-corrected chi connectivity index (χ4v) is 4.58. The Hall–Kier alpha value is -2.88. The summed E-state index contributed by atoms with van der Waals surface area (Å²) >= 11 is 8.94. The molecule has 0 saturated carbocycles. The zero-order valence-electron chi connectivity index (χ0n) is 14.9. The van der Waals surface area contributed by atoms with Gasteiger partial charge in [0.2, 0.25) is 0 Å². The number of thiazole rings is 1. The summed E-state index contributed by atoms with van der Waals surface area (Å²) in [6, 6.07) is 11.0. The summed E-state index contributed by atoms with van der Waals surface area (Å²) in [6.45, 7) is 0. The first-order valence-electron chi connectivity index (χ1n) is 8.27. The Labute approximate surface area is 178 Å². The Balaban J connectivity index is 1.56. The molecule has 0 spiro atoms. The van der Waals surface area contributed by atoms with Crippen LogP contribution in [0.4, 0.5) is 5.13 Å². The van der Waals surface area contributed by atoms with Crippen LogP contribution in [0.2, 0.25) is 5.15 Å². The zero-order chi connectivity index (χ0) is 20.4. The lowest BCUT2D eigenvalue weighted by molar-refractivity contribution is 0.101. The molecule has 2 N–H and O–H groups in total. The van der Waals surface area contributed by atoms with Crippen LogP contribution >= 0.6 is 34.7 Å². The van der Waals surface area contributed by atoms with Crippen molar-refractivity contribution in [2.75, 3.05) is 12.4 Å². The minimum absolute atomic E-state index is 0.133. The van der Waals surface area contributed by atoms with Crippen LogP contribution in [0.3, 0.4) is 0 Å². The number of carbonyl (C=O) groups is 1. The summed E-state index contributed by atoms with van der Waals surface area (Å²) in [5, 5.41) is 13.6. The number of hydrogen-bond acceptors (Lipinski definition) is 8. The highest BCUT2D eigenvalue weighted by Gasteiger charge is 2.18. The molecule has 1 aromatic carbocycles. The number of benzene rings is 1. The first-order valence-corrected chi connectivity index (χ1v) is 10.3. The number of halogens is 1. The number of pyridine rings is 2. The summed E-state index contributed by atoms with van der Waals surface area (Å²) in [4.78, 5) is 26.7. The van der Waals surface area contributed by atoms with Gasteiger partial charge in [-0.25, -0.2) is 15.0 Å². The molecule has 0 fully saturated rings. The van der Waals surface area contributed by atoms with Crippen molar-refractivity contribution in [2.24, 2.45) is 0 Å². The fraction of sp³-hybridized carbons (Fsp3) is 0.0526. The number of anilines is 1. The lowest BCUT2D eigenvalue weighted by Gasteiger charge is -2.06. The minimum atomic E-state index is -0.572. The molecule has 0 aliphatic carbocycles. The third kappa shape index (κ3) is 4.12. The highest BCUT2D eigenvalue weighted by molar-refractivity contribution is 7.99. The highest BCUT2D eigenvalue weighted by Crippen LogP contribution is 2.36. The van der Waals surface area contributed by atoms with Crippen molar-refractivity contribution in [2.45, 2.75) is 9.79 Å². The lowest BCUT2D eigenvalue weighted by Crippen LogP contribution is -2.13. The molecule has 0 saturated heterocycles. The van der Waals surface area contributed by atoms with E-state index in [0.717, 1.165) is 20.0 Å². The molecule has 0 bridgehead atoms. The van der Waals surface area contributed by atoms with Gasteiger partial charge in [-0.2, -0.15) is 0 Å². The normalized spacial score (nSPS) is 10.8. The maximum atomic E-state index is 12.5. The predicted molar refractivity (Wildman–Crippen MR) is 113 cm³/mol. The summed E-state index contributed by atoms with van der Waals surface area (Å²) in [7, 11) is 1.40. The number of carbonyl (C=O) groups excluding carboxylic acids is 1. The minimum Gasteiger partial charge on any atom is -0.503 e. The van der Waals surface area contributed by atoms with E-state index in [1.807, 2.05) is 30.3 Å². The lowest BCUT2D eigenvalue weighted by atomic mass is 10.3. The van der Waals surface area contributed by atoms with E-state index in [9.17, 15) is 9.90 Å². The third-order valence-corrected chi connectivity index (χ3v) is 6.24. The standard InChI is InChI=1S/C19H13ClN4O3S2/c1-27-12-6-8-21-15(16(12)25)18(26)24-19-23-11-5-4-10(9-14(11)29-19)28-13-3-2-7-22-17(13)20/h2-9,25H,1H3,(H,23,24,26). The van der Waals surface area contributed by atoms with Gasteiger partial charge in [-0.15, -0.1) is 0 Å². The number of nitrogens with zero attached hydrogens (tertiary/aromatic N) is 3. The molecule has 0 atom stereocenters. The summed E-state index contributed by atoms with van der Waals surface area (Å²) in [5.41, 5.74) is 0.612. The molecule has 0 radical (unpaired) electrons. The van der Waals surface area contributed by atoms with E-state index in [4.69, 9.17) is 16.3 Å². The van der Waals surface area contributed by atoms with Crippen molar-refractivity contribution in [1.82, 2.24) is 15.0 Å². The number of hydrogen-bond donors (Lipinski definition) is 2. The van der Waals surface area contributed by atoms with Gasteiger partial charge in [0.15, 0.2) is 22.3 Å². The number of fused-ring (bicyclic) bond motifs is 1. The molecular weight excluding hydrogens is 432 g/mol.